The fraction of sp³-hybridized carbons (Fsp3) is 0.818. The lowest BCUT2D eigenvalue weighted by atomic mass is 9.73. The van der Waals surface area contributed by atoms with Crippen molar-refractivity contribution in [3.63, 3.8) is 0 Å². The van der Waals surface area contributed by atoms with Crippen molar-refractivity contribution < 1.29 is 4.42 Å². The molecule has 1 aliphatic carbocycles. The Morgan fingerprint density at radius 2 is 2.19 bits per heavy atom. The summed E-state index contributed by atoms with van der Waals surface area (Å²) in [6.45, 7) is 6.29. The Morgan fingerprint density at radius 3 is 2.81 bits per heavy atom. The first kappa shape index (κ1) is 11.9. The van der Waals surface area contributed by atoms with E-state index in [1.807, 2.05) is 6.92 Å². The van der Waals surface area contributed by atoms with Gasteiger partial charge in [-0.1, -0.05) is 32.0 Å². The van der Waals surface area contributed by atoms with Gasteiger partial charge in [0, 0.05) is 18.2 Å². The zero-order valence-corrected chi connectivity index (χ0v) is 10.9. The van der Waals surface area contributed by atoms with Crippen molar-refractivity contribution in [1.29, 1.82) is 0 Å². The first-order valence-corrected chi connectivity index (χ1v) is 6.59. The Morgan fingerprint density at radius 1 is 1.44 bits per heavy atom. The Balaban J connectivity index is 2.04. The zero-order chi connectivity index (χ0) is 11.8. The van der Waals surface area contributed by atoms with E-state index < -0.39 is 0 Å². The molecular weight excluding hydrogens is 222 g/mol. The fourth-order valence-corrected chi connectivity index (χ4v) is 3.51. The van der Waals surface area contributed by atoms with Gasteiger partial charge in [-0.05, 0) is 18.3 Å². The molecule has 2 atom stereocenters. The smallest absolute Gasteiger partial charge is 0.276 e. The number of aromatic nitrogens is 2. The van der Waals surface area contributed by atoms with Gasteiger partial charge in [0.25, 0.3) is 5.22 Å². The third-order valence-corrected chi connectivity index (χ3v) is 4.57. The van der Waals surface area contributed by atoms with Gasteiger partial charge in [-0.15, -0.1) is 10.2 Å². The standard InChI is InChI=1S/C11H19N3OS/c1-7-13-14-10(15-7)16-8-5-4-6-11(2,3)9(8)12/h8-9H,4-6,12H2,1-3H3. The topological polar surface area (TPSA) is 64.9 Å². The van der Waals surface area contributed by atoms with Gasteiger partial charge < -0.3 is 10.2 Å². The molecule has 1 aliphatic rings. The normalized spacial score (nSPS) is 29.2. The van der Waals surface area contributed by atoms with Crippen LogP contribution in [-0.2, 0) is 0 Å². The molecule has 2 unspecified atom stereocenters. The molecule has 0 bridgehead atoms. The minimum Gasteiger partial charge on any atom is -0.416 e. The molecule has 1 heterocycles. The van der Waals surface area contributed by atoms with Crippen molar-refractivity contribution in [2.45, 2.75) is 56.5 Å². The van der Waals surface area contributed by atoms with Crippen LogP contribution in [0.2, 0.25) is 0 Å². The summed E-state index contributed by atoms with van der Waals surface area (Å²) in [4.78, 5) is 0. The van der Waals surface area contributed by atoms with Crippen LogP contribution >= 0.6 is 11.8 Å². The number of nitrogens with zero attached hydrogens (tertiary/aromatic N) is 2. The molecule has 4 nitrogen and oxygen atoms in total. The molecule has 1 fully saturated rings. The minimum atomic E-state index is 0.193. The van der Waals surface area contributed by atoms with Crippen LogP contribution in [0, 0.1) is 12.3 Å². The summed E-state index contributed by atoms with van der Waals surface area (Å²) in [6.07, 6.45) is 3.57. The van der Waals surface area contributed by atoms with E-state index in [0.29, 0.717) is 16.4 Å². The van der Waals surface area contributed by atoms with E-state index in [2.05, 4.69) is 24.0 Å². The average molecular weight is 241 g/mol. The lowest BCUT2D eigenvalue weighted by Gasteiger charge is -2.40. The van der Waals surface area contributed by atoms with Gasteiger partial charge in [-0.2, -0.15) is 0 Å². The van der Waals surface area contributed by atoms with E-state index in [1.54, 1.807) is 11.8 Å². The fourth-order valence-electron chi connectivity index (χ4n) is 2.20. The predicted octanol–water partition coefficient (Wildman–Crippen LogP) is 2.38. The van der Waals surface area contributed by atoms with Crippen molar-refractivity contribution in [2.75, 3.05) is 0 Å². The van der Waals surface area contributed by atoms with Gasteiger partial charge in [0.15, 0.2) is 0 Å². The quantitative estimate of drug-likeness (QED) is 0.861. The first-order valence-electron chi connectivity index (χ1n) is 5.71. The highest BCUT2D eigenvalue weighted by molar-refractivity contribution is 7.99. The molecule has 2 N–H and O–H groups in total. The van der Waals surface area contributed by atoms with E-state index in [1.165, 1.54) is 12.8 Å². The zero-order valence-electron chi connectivity index (χ0n) is 10.1. The highest BCUT2D eigenvalue weighted by Gasteiger charge is 2.37. The number of nitrogens with two attached hydrogens (primary N) is 1. The van der Waals surface area contributed by atoms with Gasteiger partial charge >= 0.3 is 0 Å². The number of rotatable bonds is 2. The highest BCUT2D eigenvalue weighted by atomic mass is 32.2. The van der Waals surface area contributed by atoms with Crippen molar-refractivity contribution in [2.24, 2.45) is 11.1 Å². The maximum atomic E-state index is 6.30. The predicted molar refractivity (Wildman–Crippen MR) is 64.3 cm³/mol. The summed E-state index contributed by atoms with van der Waals surface area (Å²) in [6, 6.07) is 0.193. The lowest BCUT2D eigenvalue weighted by molar-refractivity contribution is 0.208. The summed E-state index contributed by atoms with van der Waals surface area (Å²) < 4.78 is 5.39. The number of hydrogen-bond acceptors (Lipinski definition) is 5. The maximum absolute atomic E-state index is 6.30. The maximum Gasteiger partial charge on any atom is 0.276 e. The lowest BCUT2D eigenvalue weighted by Crippen LogP contribution is -2.48. The molecule has 5 heteroatoms. The van der Waals surface area contributed by atoms with E-state index in [4.69, 9.17) is 10.2 Å². The molecule has 0 amide bonds. The number of thioether (sulfide) groups is 1. The molecule has 0 aliphatic heterocycles. The summed E-state index contributed by atoms with van der Waals surface area (Å²) in [5.74, 6) is 0.617. The summed E-state index contributed by atoms with van der Waals surface area (Å²) in [5, 5.41) is 8.89. The third kappa shape index (κ3) is 2.40. The SMILES string of the molecule is Cc1nnc(SC2CCCC(C)(C)C2N)o1. The van der Waals surface area contributed by atoms with Crippen LogP contribution in [0.25, 0.3) is 0 Å². The monoisotopic (exact) mass is 241 g/mol. The number of hydrogen-bond donors (Lipinski definition) is 1. The molecular formula is C11H19N3OS. The van der Waals surface area contributed by atoms with Crippen molar-refractivity contribution in [3.05, 3.63) is 5.89 Å². The van der Waals surface area contributed by atoms with Gasteiger partial charge in [0.2, 0.25) is 5.89 Å². The van der Waals surface area contributed by atoms with E-state index in [0.717, 1.165) is 6.42 Å². The Labute approximate surface area is 100 Å². The largest absolute Gasteiger partial charge is 0.416 e. The van der Waals surface area contributed by atoms with Crippen LogP contribution in [0.1, 0.15) is 39.0 Å². The molecule has 2 rings (SSSR count). The third-order valence-electron chi connectivity index (χ3n) is 3.37. The Hall–Kier alpha value is -0.550. The summed E-state index contributed by atoms with van der Waals surface area (Å²) in [5.41, 5.74) is 6.51. The molecule has 1 saturated carbocycles. The van der Waals surface area contributed by atoms with Gasteiger partial charge in [0.1, 0.15) is 0 Å². The Kier molecular flexibility index (Phi) is 3.26. The second-order valence-corrected chi connectivity index (χ2v) is 6.34. The van der Waals surface area contributed by atoms with E-state index in [9.17, 15) is 0 Å². The average Bonchev–Trinajstić information content (AvgIpc) is 2.59. The Bertz CT molecular complexity index is 364. The second-order valence-electron chi connectivity index (χ2n) is 5.15. The van der Waals surface area contributed by atoms with Crippen LogP contribution in [0.5, 0.6) is 0 Å². The molecule has 90 valence electrons. The molecule has 0 radical (unpaired) electrons. The van der Waals surface area contributed by atoms with Crippen LogP contribution in [0.3, 0.4) is 0 Å². The molecule has 0 spiro atoms. The molecule has 0 saturated heterocycles. The summed E-state index contributed by atoms with van der Waals surface area (Å²) >= 11 is 1.63. The van der Waals surface area contributed by atoms with Crippen LogP contribution in [-0.4, -0.2) is 21.5 Å². The molecule has 16 heavy (non-hydrogen) atoms. The number of aryl methyl sites for hydroxylation is 1. The second kappa shape index (κ2) is 4.37. The van der Waals surface area contributed by atoms with Crippen molar-refractivity contribution in [1.82, 2.24) is 10.2 Å². The van der Waals surface area contributed by atoms with E-state index in [-0.39, 0.29) is 11.5 Å². The minimum absolute atomic E-state index is 0.193. The molecule has 0 aromatic carbocycles. The van der Waals surface area contributed by atoms with Crippen LogP contribution in [0.15, 0.2) is 9.64 Å². The highest BCUT2D eigenvalue weighted by Crippen LogP contribution is 2.41. The van der Waals surface area contributed by atoms with E-state index >= 15 is 0 Å². The van der Waals surface area contributed by atoms with Crippen LogP contribution < -0.4 is 5.73 Å². The molecule has 1 aromatic heterocycles. The van der Waals surface area contributed by atoms with Crippen molar-refractivity contribution >= 4 is 11.8 Å². The van der Waals surface area contributed by atoms with Gasteiger partial charge in [-0.25, -0.2) is 0 Å². The van der Waals surface area contributed by atoms with Crippen LogP contribution in [0.4, 0.5) is 0 Å². The first-order chi connectivity index (χ1) is 7.49. The van der Waals surface area contributed by atoms with Gasteiger partial charge in [-0.3, -0.25) is 0 Å². The molecule has 1 aromatic rings. The summed E-state index contributed by atoms with van der Waals surface area (Å²) in [7, 11) is 0. The van der Waals surface area contributed by atoms with Crippen molar-refractivity contribution in [3.8, 4) is 0 Å². The van der Waals surface area contributed by atoms with Gasteiger partial charge in [0.05, 0.1) is 0 Å².